The van der Waals surface area contributed by atoms with Gasteiger partial charge in [0.15, 0.2) is 0 Å². The Hall–Kier alpha value is -3.14. The van der Waals surface area contributed by atoms with Crippen LogP contribution in [0.5, 0.6) is 0 Å². The van der Waals surface area contributed by atoms with E-state index < -0.39 is 10.0 Å². The number of anilines is 2. The van der Waals surface area contributed by atoms with Gasteiger partial charge in [-0.1, -0.05) is 40.9 Å². The summed E-state index contributed by atoms with van der Waals surface area (Å²) in [6, 6.07) is 21.4. The molecule has 7 nitrogen and oxygen atoms in total. The maximum atomic E-state index is 13.7. The third-order valence-corrected chi connectivity index (χ3v) is 9.41. The number of halogens is 3. The summed E-state index contributed by atoms with van der Waals surface area (Å²) in [4.78, 5) is 9.31. The highest BCUT2D eigenvalue weighted by molar-refractivity contribution is 7.89. The van der Waals surface area contributed by atoms with Crippen LogP contribution in [0.4, 0.5) is 11.4 Å². The number of aryl methyl sites for hydroxylation is 2. The minimum absolute atomic E-state index is 0.158. The first kappa shape index (κ1) is 30.3. The Bertz CT molecular complexity index is 1870. The molecule has 0 bridgehead atoms. The summed E-state index contributed by atoms with van der Waals surface area (Å²) >= 11 is 18.6. The molecule has 11 heteroatoms. The third-order valence-electron chi connectivity index (χ3n) is 6.81. The van der Waals surface area contributed by atoms with Gasteiger partial charge in [-0.05, 0) is 87.0 Å². The first-order valence-corrected chi connectivity index (χ1v) is 16.0. The van der Waals surface area contributed by atoms with Crippen molar-refractivity contribution in [3.63, 3.8) is 0 Å². The van der Waals surface area contributed by atoms with Crippen LogP contribution in [0.25, 0.3) is 21.8 Å². The van der Waals surface area contributed by atoms with E-state index in [1.807, 2.05) is 56.3 Å². The number of hydrogen-bond acceptors (Lipinski definition) is 6. The quantitative estimate of drug-likeness (QED) is 0.142. The first-order chi connectivity index (χ1) is 20.1. The molecular formula is C31H30Cl3N5O2S. The second kappa shape index (κ2) is 13.0. The van der Waals surface area contributed by atoms with Gasteiger partial charge in [0.25, 0.3) is 0 Å². The molecule has 42 heavy (non-hydrogen) atoms. The topological polar surface area (TPSA) is 87.2 Å². The lowest BCUT2D eigenvalue weighted by atomic mass is 10.1. The van der Waals surface area contributed by atoms with E-state index in [1.165, 1.54) is 10.4 Å². The van der Waals surface area contributed by atoms with Crippen LogP contribution in [0.15, 0.2) is 77.7 Å². The van der Waals surface area contributed by atoms with Gasteiger partial charge in [0, 0.05) is 74.8 Å². The predicted molar refractivity (Wildman–Crippen MR) is 175 cm³/mol. The van der Waals surface area contributed by atoms with Crippen molar-refractivity contribution in [2.24, 2.45) is 0 Å². The van der Waals surface area contributed by atoms with E-state index in [0.717, 1.165) is 44.6 Å². The number of nitrogens with zero attached hydrogens (tertiary/aromatic N) is 3. The highest BCUT2D eigenvalue weighted by atomic mass is 35.5. The number of sulfonamides is 1. The van der Waals surface area contributed by atoms with Crippen molar-refractivity contribution < 1.29 is 8.42 Å². The van der Waals surface area contributed by atoms with Crippen LogP contribution < -0.4 is 10.6 Å². The van der Waals surface area contributed by atoms with E-state index in [1.54, 1.807) is 24.3 Å². The number of pyridine rings is 2. The molecule has 0 aliphatic carbocycles. The third kappa shape index (κ3) is 7.07. The molecule has 0 aliphatic heterocycles. The molecule has 0 amide bonds. The smallest absolute Gasteiger partial charge is 0.243 e. The van der Waals surface area contributed by atoms with Crippen LogP contribution in [-0.4, -0.2) is 48.9 Å². The van der Waals surface area contributed by atoms with Crippen LogP contribution in [-0.2, 0) is 10.0 Å². The molecule has 0 radical (unpaired) electrons. The van der Waals surface area contributed by atoms with E-state index >= 15 is 0 Å². The number of benzene rings is 3. The van der Waals surface area contributed by atoms with E-state index in [4.69, 9.17) is 34.8 Å². The SMILES string of the molecule is Cc1cc(NCCCN(CCNc2cc(C)nc3ccc(Cl)cc23)S(=O)(=O)c2cccc(Cl)c2)c2cc(Cl)ccc2n1. The molecule has 2 heterocycles. The average molecular weight is 643 g/mol. The number of fused-ring (bicyclic) bond motifs is 2. The second-order valence-corrected chi connectivity index (χ2v) is 13.3. The lowest BCUT2D eigenvalue weighted by Crippen LogP contribution is -2.36. The molecule has 5 rings (SSSR count). The number of aromatic nitrogens is 2. The monoisotopic (exact) mass is 641 g/mol. The molecule has 0 saturated carbocycles. The maximum Gasteiger partial charge on any atom is 0.243 e. The fourth-order valence-corrected chi connectivity index (χ4v) is 7.00. The zero-order valence-electron chi connectivity index (χ0n) is 23.2. The van der Waals surface area contributed by atoms with Crippen LogP contribution in [0.3, 0.4) is 0 Å². The molecule has 218 valence electrons. The molecule has 0 unspecified atom stereocenters. The van der Waals surface area contributed by atoms with Crippen molar-refractivity contribution in [1.29, 1.82) is 0 Å². The number of hydrogen-bond donors (Lipinski definition) is 2. The fourth-order valence-electron chi connectivity index (χ4n) is 4.88. The van der Waals surface area contributed by atoms with Gasteiger partial charge in [-0.25, -0.2) is 8.42 Å². The summed E-state index contributed by atoms with van der Waals surface area (Å²) in [6.07, 6.45) is 0.566. The summed E-state index contributed by atoms with van der Waals surface area (Å²) in [5.74, 6) is 0. The van der Waals surface area contributed by atoms with Gasteiger partial charge in [-0.15, -0.1) is 0 Å². The summed E-state index contributed by atoms with van der Waals surface area (Å²) in [7, 11) is -3.81. The molecule has 2 N–H and O–H groups in total. The molecule has 0 fully saturated rings. The van der Waals surface area contributed by atoms with E-state index in [2.05, 4.69) is 20.6 Å². The van der Waals surface area contributed by atoms with Gasteiger partial charge in [0.05, 0.1) is 15.9 Å². The Kier molecular flexibility index (Phi) is 9.40. The fraction of sp³-hybridized carbons (Fsp3) is 0.226. The van der Waals surface area contributed by atoms with Gasteiger partial charge in [0.2, 0.25) is 10.0 Å². The van der Waals surface area contributed by atoms with Crippen LogP contribution in [0.2, 0.25) is 15.1 Å². The number of nitrogens with one attached hydrogen (secondary N) is 2. The van der Waals surface area contributed by atoms with E-state index in [0.29, 0.717) is 41.1 Å². The van der Waals surface area contributed by atoms with Crippen LogP contribution in [0, 0.1) is 13.8 Å². The molecule has 0 saturated heterocycles. The Morgan fingerprint density at radius 3 is 1.81 bits per heavy atom. The minimum Gasteiger partial charge on any atom is -0.384 e. The van der Waals surface area contributed by atoms with E-state index in [9.17, 15) is 8.42 Å². The van der Waals surface area contributed by atoms with Crippen molar-refractivity contribution in [2.45, 2.75) is 25.2 Å². The van der Waals surface area contributed by atoms with Gasteiger partial charge < -0.3 is 10.6 Å². The lowest BCUT2D eigenvalue weighted by Gasteiger charge is -2.23. The Morgan fingerprint density at radius 1 is 0.690 bits per heavy atom. The average Bonchev–Trinajstić information content (AvgIpc) is 2.94. The van der Waals surface area contributed by atoms with Gasteiger partial charge in [-0.2, -0.15) is 4.31 Å². The van der Waals surface area contributed by atoms with Crippen molar-refractivity contribution in [1.82, 2.24) is 14.3 Å². The second-order valence-electron chi connectivity index (χ2n) is 10.0. The zero-order chi connectivity index (χ0) is 29.9. The molecular weight excluding hydrogens is 613 g/mol. The van der Waals surface area contributed by atoms with Crippen molar-refractivity contribution in [3.05, 3.63) is 99.3 Å². The summed E-state index contributed by atoms with van der Waals surface area (Å²) in [5, 5.41) is 10.2. The normalized spacial score (nSPS) is 11.9. The Labute approximate surface area is 260 Å². The molecule has 2 aromatic heterocycles. The Balaban J connectivity index is 1.32. The van der Waals surface area contributed by atoms with Crippen molar-refractivity contribution in [3.8, 4) is 0 Å². The Morgan fingerprint density at radius 2 is 1.24 bits per heavy atom. The standard InChI is InChI=1S/C31H30Cl3N5O2S/c1-20-15-30(26-18-23(33)7-9-28(26)37-20)35-11-4-13-39(42(40,41)25-6-3-5-22(32)17-25)14-12-36-31-16-21(2)38-29-10-8-24(34)19-27(29)31/h3,5-10,15-19H,4,11-14H2,1-2H3,(H,35,37)(H,36,38). The van der Waals surface area contributed by atoms with Crippen LogP contribution >= 0.6 is 34.8 Å². The summed E-state index contributed by atoms with van der Waals surface area (Å²) < 4.78 is 28.9. The highest BCUT2D eigenvalue weighted by Gasteiger charge is 2.24. The van der Waals surface area contributed by atoms with Gasteiger partial charge >= 0.3 is 0 Å². The van der Waals surface area contributed by atoms with Crippen molar-refractivity contribution >= 4 is 78.0 Å². The van der Waals surface area contributed by atoms with E-state index in [-0.39, 0.29) is 11.4 Å². The highest BCUT2D eigenvalue weighted by Crippen LogP contribution is 2.28. The van der Waals surface area contributed by atoms with Crippen LogP contribution in [0.1, 0.15) is 17.8 Å². The molecule has 0 atom stereocenters. The first-order valence-electron chi connectivity index (χ1n) is 13.5. The number of rotatable bonds is 11. The largest absolute Gasteiger partial charge is 0.384 e. The molecule has 3 aromatic carbocycles. The van der Waals surface area contributed by atoms with Gasteiger partial charge in [0.1, 0.15) is 0 Å². The zero-order valence-corrected chi connectivity index (χ0v) is 26.2. The molecule has 5 aromatic rings. The van der Waals surface area contributed by atoms with Gasteiger partial charge in [-0.3, -0.25) is 9.97 Å². The van der Waals surface area contributed by atoms with Crippen molar-refractivity contribution in [2.75, 3.05) is 36.8 Å². The lowest BCUT2D eigenvalue weighted by molar-refractivity contribution is 0.419. The molecule has 0 spiro atoms. The summed E-state index contributed by atoms with van der Waals surface area (Å²) in [5.41, 5.74) is 5.14. The minimum atomic E-state index is -3.81. The summed E-state index contributed by atoms with van der Waals surface area (Å²) in [6.45, 7) is 5.33. The maximum absolute atomic E-state index is 13.7. The molecule has 0 aliphatic rings. The predicted octanol–water partition coefficient (Wildman–Crippen LogP) is 7.97.